The van der Waals surface area contributed by atoms with Gasteiger partial charge in [-0.25, -0.2) is 0 Å². The first-order chi connectivity index (χ1) is 7.70. The van der Waals surface area contributed by atoms with Crippen LogP contribution in [-0.4, -0.2) is 11.7 Å². The number of benzene rings is 1. The Kier molecular flexibility index (Phi) is 3.20. The fourth-order valence-electron chi connectivity index (χ4n) is 2.30. The van der Waals surface area contributed by atoms with Crippen LogP contribution in [0.5, 0.6) is 5.75 Å². The third-order valence-corrected chi connectivity index (χ3v) is 3.46. The molecule has 0 radical (unpaired) electrons. The lowest BCUT2D eigenvalue weighted by Crippen LogP contribution is -2.27. The second-order valence-corrected chi connectivity index (χ2v) is 4.51. The molecule has 2 rings (SSSR count). The van der Waals surface area contributed by atoms with Crippen LogP contribution >= 0.6 is 0 Å². The van der Waals surface area contributed by atoms with Gasteiger partial charge < -0.3 is 9.84 Å². The van der Waals surface area contributed by atoms with Gasteiger partial charge in [-0.15, -0.1) is 0 Å². The van der Waals surface area contributed by atoms with Crippen LogP contribution in [0.15, 0.2) is 24.3 Å². The highest BCUT2D eigenvalue weighted by Crippen LogP contribution is 2.47. The van der Waals surface area contributed by atoms with Crippen molar-refractivity contribution < 1.29 is 9.84 Å². The average molecular weight is 220 g/mol. The lowest BCUT2D eigenvalue weighted by Gasteiger charge is -2.27. The second kappa shape index (κ2) is 4.46. The normalized spacial score (nSPS) is 19.2. The SMILES string of the molecule is CCOc1ccc(C(O)(CC)C2CC2)cc1. The van der Waals surface area contributed by atoms with Crippen molar-refractivity contribution in [3.8, 4) is 5.75 Å². The van der Waals surface area contributed by atoms with E-state index in [1.54, 1.807) is 0 Å². The van der Waals surface area contributed by atoms with Gasteiger partial charge in [0.1, 0.15) is 5.75 Å². The largest absolute Gasteiger partial charge is 0.494 e. The molecule has 1 fully saturated rings. The topological polar surface area (TPSA) is 29.5 Å². The highest BCUT2D eigenvalue weighted by atomic mass is 16.5. The Morgan fingerprint density at radius 1 is 1.25 bits per heavy atom. The van der Waals surface area contributed by atoms with E-state index in [4.69, 9.17) is 4.74 Å². The fraction of sp³-hybridized carbons (Fsp3) is 0.571. The zero-order valence-corrected chi connectivity index (χ0v) is 10.1. The Hall–Kier alpha value is -1.02. The lowest BCUT2D eigenvalue weighted by molar-refractivity contribution is 0.00886. The zero-order valence-electron chi connectivity index (χ0n) is 10.1. The molecule has 0 bridgehead atoms. The first kappa shape index (κ1) is 11.5. The van der Waals surface area contributed by atoms with Gasteiger partial charge in [0.25, 0.3) is 0 Å². The van der Waals surface area contributed by atoms with E-state index in [0.29, 0.717) is 12.5 Å². The third kappa shape index (κ3) is 2.07. The average Bonchev–Trinajstić information content (AvgIpc) is 3.14. The van der Waals surface area contributed by atoms with Crippen LogP contribution in [0, 0.1) is 5.92 Å². The molecule has 16 heavy (non-hydrogen) atoms. The van der Waals surface area contributed by atoms with Gasteiger partial charge in [-0.05, 0) is 49.8 Å². The minimum absolute atomic E-state index is 0.454. The van der Waals surface area contributed by atoms with Gasteiger partial charge in [0.2, 0.25) is 0 Å². The van der Waals surface area contributed by atoms with E-state index < -0.39 is 5.60 Å². The van der Waals surface area contributed by atoms with Crippen LogP contribution in [0.4, 0.5) is 0 Å². The lowest BCUT2D eigenvalue weighted by atomic mass is 9.86. The van der Waals surface area contributed by atoms with Crippen molar-refractivity contribution >= 4 is 0 Å². The number of rotatable bonds is 5. The van der Waals surface area contributed by atoms with Crippen molar-refractivity contribution in [2.45, 2.75) is 38.7 Å². The van der Waals surface area contributed by atoms with Crippen LogP contribution in [0.2, 0.25) is 0 Å². The summed E-state index contributed by atoms with van der Waals surface area (Å²) in [5, 5.41) is 10.6. The Morgan fingerprint density at radius 3 is 2.31 bits per heavy atom. The molecule has 0 heterocycles. The van der Waals surface area contributed by atoms with Gasteiger partial charge in [0, 0.05) is 0 Å². The van der Waals surface area contributed by atoms with Crippen LogP contribution in [0.3, 0.4) is 0 Å². The van der Waals surface area contributed by atoms with E-state index in [-0.39, 0.29) is 0 Å². The van der Waals surface area contributed by atoms with Gasteiger partial charge in [0.05, 0.1) is 12.2 Å². The van der Waals surface area contributed by atoms with Crippen molar-refractivity contribution in [2.24, 2.45) is 5.92 Å². The van der Waals surface area contributed by atoms with Crippen LogP contribution in [0.1, 0.15) is 38.7 Å². The maximum absolute atomic E-state index is 10.6. The summed E-state index contributed by atoms with van der Waals surface area (Å²) in [5.74, 6) is 1.33. The Balaban J connectivity index is 2.19. The maximum atomic E-state index is 10.6. The second-order valence-electron chi connectivity index (χ2n) is 4.51. The number of hydrogen-bond donors (Lipinski definition) is 1. The summed E-state index contributed by atoms with van der Waals surface area (Å²) in [5.41, 5.74) is 0.408. The van der Waals surface area contributed by atoms with E-state index in [1.165, 1.54) is 0 Å². The molecule has 1 aromatic rings. The highest BCUT2D eigenvalue weighted by molar-refractivity contribution is 5.32. The first-order valence-electron chi connectivity index (χ1n) is 6.16. The fourth-order valence-corrected chi connectivity index (χ4v) is 2.30. The van der Waals surface area contributed by atoms with E-state index in [2.05, 4.69) is 6.92 Å². The monoisotopic (exact) mass is 220 g/mol. The molecule has 0 aliphatic heterocycles. The highest BCUT2D eigenvalue weighted by Gasteiger charge is 2.43. The standard InChI is InChI=1S/C14H20O2/c1-3-14(15,11-5-6-11)12-7-9-13(10-8-12)16-4-2/h7-11,15H,3-6H2,1-2H3. The Bertz CT molecular complexity index is 340. The molecular weight excluding hydrogens is 200 g/mol. The molecule has 0 saturated heterocycles. The predicted molar refractivity (Wildman–Crippen MR) is 64.5 cm³/mol. The molecule has 1 saturated carbocycles. The van der Waals surface area contributed by atoms with E-state index in [9.17, 15) is 5.11 Å². The molecule has 1 aliphatic carbocycles. The molecule has 88 valence electrons. The molecule has 1 atom stereocenters. The molecule has 1 N–H and O–H groups in total. The molecular formula is C14H20O2. The first-order valence-corrected chi connectivity index (χ1v) is 6.16. The summed E-state index contributed by atoms with van der Waals surface area (Å²) in [4.78, 5) is 0. The minimum atomic E-state index is -0.620. The van der Waals surface area contributed by atoms with E-state index in [0.717, 1.165) is 30.6 Å². The van der Waals surface area contributed by atoms with Crippen LogP contribution in [0.25, 0.3) is 0 Å². The predicted octanol–water partition coefficient (Wildman–Crippen LogP) is 3.09. The van der Waals surface area contributed by atoms with Crippen LogP contribution < -0.4 is 4.74 Å². The smallest absolute Gasteiger partial charge is 0.119 e. The van der Waals surface area contributed by atoms with Crippen molar-refractivity contribution in [3.63, 3.8) is 0 Å². The summed E-state index contributed by atoms with van der Waals surface area (Å²) < 4.78 is 5.40. The van der Waals surface area contributed by atoms with Crippen LogP contribution in [-0.2, 0) is 5.60 Å². The third-order valence-electron chi connectivity index (χ3n) is 3.46. The van der Waals surface area contributed by atoms with Crippen molar-refractivity contribution in [1.82, 2.24) is 0 Å². The van der Waals surface area contributed by atoms with Gasteiger partial charge in [-0.2, -0.15) is 0 Å². The Labute approximate surface area is 97.3 Å². The minimum Gasteiger partial charge on any atom is -0.494 e. The molecule has 1 unspecified atom stereocenters. The molecule has 1 aromatic carbocycles. The van der Waals surface area contributed by atoms with Gasteiger partial charge in [-0.3, -0.25) is 0 Å². The number of hydrogen-bond acceptors (Lipinski definition) is 2. The molecule has 0 spiro atoms. The van der Waals surface area contributed by atoms with Gasteiger partial charge in [-0.1, -0.05) is 19.1 Å². The Morgan fingerprint density at radius 2 is 1.88 bits per heavy atom. The van der Waals surface area contributed by atoms with Crippen molar-refractivity contribution in [3.05, 3.63) is 29.8 Å². The number of ether oxygens (including phenoxy) is 1. The maximum Gasteiger partial charge on any atom is 0.119 e. The van der Waals surface area contributed by atoms with E-state index in [1.807, 2.05) is 31.2 Å². The van der Waals surface area contributed by atoms with Gasteiger partial charge in [0.15, 0.2) is 0 Å². The summed E-state index contributed by atoms with van der Waals surface area (Å²) in [6, 6.07) is 7.88. The molecule has 0 amide bonds. The summed E-state index contributed by atoms with van der Waals surface area (Å²) in [6.07, 6.45) is 3.08. The van der Waals surface area contributed by atoms with Crippen molar-refractivity contribution in [1.29, 1.82) is 0 Å². The number of aliphatic hydroxyl groups is 1. The summed E-state index contributed by atoms with van der Waals surface area (Å²) >= 11 is 0. The summed E-state index contributed by atoms with van der Waals surface area (Å²) in [6.45, 7) is 4.70. The zero-order chi connectivity index (χ0) is 11.6. The molecule has 1 aliphatic rings. The summed E-state index contributed by atoms with van der Waals surface area (Å²) in [7, 11) is 0. The quantitative estimate of drug-likeness (QED) is 0.826. The van der Waals surface area contributed by atoms with E-state index >= 15 is 0 Å². The van der Waals surface area contributed by atoms with Crippen molar-refractivity contribution in [2.75, 3.05) is 6.61 Å². The molecule has 2 heteroatoms. The van der Waals surface area contributed by atoms with Gasteiger partial charge >= 0.3 is 0 Å². The molecule has 0 aromatic heterocycles. The molecule has 2 nitrogen and oxygen atoms in total.